The number of hydrogen-bond acceptors (Lipinski definition) is 2. The van der Waals surface area contributed by atoms with Gasteiger partial charge in [-0.2, -0.15) is 0 Å². The molecule has 1 aliphatic heterocycles. The molecule has 1 N–H and O–H groups in total. The fourth-order valence-electron chi connectivity index (χ4n) is 1.00. The molecule has 0 bridgehead atoms. The van der Waals surface area contributed by atoms with Gasteiger partial charge < -0.3 is 9.84 Å². The van der Waals surface area contributed by atoms with Gasteiger partial charge in [-0.25, -0.2) is 0 Å². The quantitative estimate of drug-likeness (QED) is 0.596. The smallest absolute Gasteiger partial charge is 0.305 e. The largest absolute Gasteiger partial charge is 0.481 e. The van der Waals surface area contributed by atoms with E-state index in [1.807, 2.05) is 0 Å². The van der Waals surface area contributed by atoms with Gasteiger partial charge in [0.25, 0.3) is 0 Å². The molecule has 0 aliphatic carbocycles. The van der Waals surface area contributed by atoms with Crippen LogP contribution in [0.15, 0.2) is 0 Å². The first-order chi connectivity index (χ1) is 4.29. The van der Waals surface area contributed by atoms with Gasteiger partial charge in [0.15, 0.2) is 0 Å². The molecule has 0 amide bonds. The van der Waals surface area contributed by atoms with E-state index in [1.165, 1.54) is 0 Å². The van der Waals surface area contributed by atoms with Gasteiger partial charge >= 0.3 is 5.97 Å². The van der Waals surface area contributed by atoms with Crippen LogP contribution in [-0.4, -0.2) is 23.8 Å². The van der Waals surface area contributed by atoms with Crippen molar-refractivity contribution < 1.29 is 14.6 Å². The van der Waals surface area contributed by atoms with Gasteiger partial charge in [0.2, 0.25) is 0 Å². The Morgan fingerprint density at radius 2 is 2.56 bits per heavy atom. The van der Waals surface area contributed by atoms with E-state index >= 15 is 0 Å². The molecule has 0 aromatic heterocycles. The maximum absolute atomic E-state index is 10.1. The number of ether oxygens (including phenoxy) is 1. The van der Waals surface area contributed by atoms with Crippen LogP contribution in [0.2, 0.25) is 0 Å². The van der Waals surface area contributed by atoms with Gasteiger partial charge in [0.05, 0.1) is 12.5 Å². The Bertz CT molecular complexity index is 105. The zero-order valence-electron chi connectivity index (χ0n) is 5.17. The normalized spacial score (nSPS) is 26.4. The second-order valence-electron chi connectivity index (χ2n) is 2.23. The van der Waals surface area contributed by atoms with Gasteiger partial charge in [-0.05, 0) is 12.8 Å². The molecule has 0 saturated carbocycles. The molecule has 0 radical (unpaired) electrons. The molecule has 0 aromatic carbocycles. The van der Waals surface area contributed by atoms with E-state index < -0.39 is 5.97 Å². The molecule has 0 spiro atoms. The van der Waals surface area contributed by atoms with E-state index in [0.29, 0.717) is 0 Å². The van der Waals surface area contributed by atoms with Crippen LogP contribution in [0.5, 0.6) is 0 Å². The molecule has 1 saturated heterocycles. The molecule has 1 fully saturated rings. The SMILES string of the molecule is O=C(O)C[C@@H]1CCCO1. The number of carboxylic acid groups (broad SMARTS) is 1. The minimum absolute atomic E-state index is 0.0116. The van der Waals surface area contributed by atoms with Crippen molar-refractivity contribution in [3.63, 3.8) is 0 Å². The van der Waals surface area contributed by atoms with Crippen molar-refractivity contribution in [2.75, 3.05) is 6.61 Å². The molecule has 0 aromatic rings. The Morgan fingerprint density at radius 3 is 3.00 bits per heavy atom. The molecule has 1 atom stereocenters. The Kier molecular flexibility index (Phi) is 2.05. The maximum atomic E-state index is 10.1. The third kappa shape index (κ3) is 2.01. The summed E-state index contributed by atoms with van der Waals surface area (Å²) in [5.41, 5.74) is 0. The minimum Gasteiger partial charge on any atom is -0.481 e. The second kappa shape index (κ2) is 2.82. The molecular formula is C6H10O3. The molecule has 1 aliphatic rings. The summed E-state index contributed by atoms with van der Waals surface area (Å²) in [6, 6.07) is 0. The van der Waals surface area contributed by atoms with Crippen molar-refractivity contribution in [2.24, 2.45) is 0 Å². The summed E-state index contributed by atoms with van der Waals surface area (Å²) in [6.45, 7) is 0.734. The topological polar surface area (TPSA) is 46.5 Å². The third-order valence-corrected chi connectivity index (χ3v) is 1.43. The first kappa shape index (κ1) is 6.55. The van der Waals surface area contributed by atoms with Crippen LogP contribution < -0.4 is 0 Å². The molecular weight excluding hydrogens is 120 g/mol. The van der Waals surface area contributed by atoms with Crippen LogP contribution in [0.3, 0.4) is 0 Å². The average Bonchev–Trinajstić information content (AvgIpc) is 2.15. The lowest BCUT2D eigenvalue weighted by molar-refractivity contribution is -0.139. The van der Waals surface area contributed by atoms with E-state index in [-0.39, 0.29) is 12.5 Å². The Labute approximate surface area is 53.6 Å². The highest BCUT2D eigenvalue weighted by Crippen LogP contribution is 2.14. The monoisotopic (exact) mass is 130 g/mol. The standard InChI is InChI=1S/C6H10O3/c7-6(8)4-5-2-1-3-9-5/h5H,1-4H2,(H,7,8)/t5-/m0/s1. The highest BCUT2D eigenvalue weighted by atomic mass is 16.5. The van der Waals surface area contributed by atoms with Crippen LogP contribution in [0.25, 0.3) is 0 Å². The van der Waals surface area contributed by atoms with Gasteiger partial charge in [-0.15, -0.1) is 0 Å². The van der Waals surface area contributed by atoms with Crippen molar-refractivity contribution >= 4 is 5.97 Å². The summed E-state index contributed by atoms with van der Waals surface area (Å²) < 4.78 is 5.08. The lowest BCUT2D eigenvalue weighted by Crippen LogP contribution is -2.10. The van der Waals surface area contributed by atoms with E-state index in [2.05, 4.69) is 0 Å². The van der Waals surface area contributed by atoms with E-state index in [9.17, 15) is 4.79 Å². The first-order valence-electron chi connectivity index (χ1n) is 3.12. The minimum atomic E-state index is -0.762. The molecule has 3 heteroatoms. The van der Waals surface area contributed by atoms with E-state index in [0.717, 1.165) is 19.4 Å². The predicted molar refractivity (Wildman–Crippen MR) is 31.2 cm³/mol. The highest BCUT2D eigenvalue weighted by molar-refractivity contribution is 5.67. The summed E-state index contributed by atoms with van der Waals surface area (Å²) in [5, 5.41) is 8.29. The maximum Gasteiger partial charge on any atom is 0.305 e. The number of carboxylic acids is 1. The first-order valence-corrected chi connectivity index (χ1v) is 3.12. The van der Waals surface area contributed by atoms with Gasteiger partial charge in [0.1, 0.15) is 0 Å². The van der Waals surface area contributed by atoms with E-state index in [1.54, 1.807) is 0 Å². The Balaban J connectivity index is 2.19. The predicted octanol–water partition coefficient (Wildman–Crippen LogP) is 0.640. The molecule has 1 heterocycles. The summed E-state index contributed by atoms with van der Waals surface area (Å²) in [4.78, 5) is 10.1. The number of rotatable bonds is 2. The van der Waals surface area contributed by atoms with Crippen molar-refractivity contribution in [1.82, 2.24) is 0 Å². The van der Waals surface area contributed by atoms with Crippen molar-refractivity contribution in [3.8, 4) is 0 Å². The van der Waals surface area contributed by atoms with Crippen molar-refractivity contribution in [1.29, 1.82) is 0 Å². The third-order valence-electron chi connectivity index (χ3n) is 1.43. The summed E-state index contributed by atoms with van der Waals surface area (Å²) in [7, 11) is 0. The summed E-state index contributed by atoms with van der Waals surface area (Å²) >= 11 is 0. The highest BCUT2D eigenvalue weighted by Gasteiger charge is 2.17. The van der Waals surface area contributed by atoms with Gasteiger partial charge in [-0.3, -0.25) is 4.79 Å². The molecule has 9 heavy (non-hydrogen) atoms. The zero-order valence-corrected chi connectivity index (χ0v) is 5.17. The lowest BCUT2D eigenvalue weighted by atomic mass is 10.2. The van der Waals surface area contributed by atoms with Crippen LogP contribution in [0.1, 0.15) is 19.3 Å². The van der Waals surface area contributed by atoms with Gasteiger partial charge in [0, 0.05) is 6.61 Å². The van der Waals surface area contributed by atoms with Crippen molar-refractivity contribution in [2.45, 2.75) is 25.4 Å². The fourth-order valence-corrected chi connectivity index (χ4v) is 1.00. The van der Waals surface area contributed by atoms with Crippen molar-refractivity contribution in [3.05, 3.63) is 0 Å². The number of hydrogen-bond donors (Lipinski definition) is 1. The zero-order chi connectivity index (χ0) is 6.69. The van der Waals surface area contributed by atoms with Crippen LogP contribution >= 0.6 is 0 Å². The van der Waals surface area contributed by atoms with Crippen LogP contribution in [0, 0.1) is 0 Å². The average molecular weight is 130 g/mol. The fraction of sp³-hybridized carbons (Fsp3) is 0.833. The Morgan fingerprint density at radius 1 is 1.78 bits per heavy atom. The number of aliphatic carboxylic acids is 1. The second-order valence-corrected chi connectivity index (χ2v) is 2.23. The van der Waals surface area contributed by atoms with E-state index in [4.69, 9.17) is 9.84 Å². The molecule has 3 nitrogen and oxygen atoms in total. The Hall–Kier alpha value is -0.570. The summed E-state index contributed by atoms with van der Waals surface area (Å²) in [6.07, 6.45) is 2.08. The van der Waals surface area contributed by atoms with Gasteiger partial charge in [-0.1, -0.05) is 0 Å². The molecule has 1 rings (SSSR count). The summed E-state index contributed by atoms with van der Waals surface area (Å²) in [5.74, 6) is -0.762. The molecule has 52 valence electrons. The van der Waals surface area contributed by atoms with Crippen LogP contribution in [-0.2, 0) is 9.53 Å². The lowest BCUT2D eigenvalue weighted by Gasteiger charge is -2.02. The van der Waals surface area contributed by atoms with Crippen LogP contribution in [0.4, 0.5) is 0 Å². The molecule has 0 unspecified atom stereocenters. The number of carbonyl (C=O) groups is 1.